The van der Waals surface area contributed by atoms with Crippen LogP contribution in [0.2, 0.25) is 0 Å². The van der Waals surface area contributed by atoms with E-state index in [0.717, 1.165) is 24.1 Å². The van der Waals surface area contributed by atoms with Crippen LogP contribution in [0.25, 0.3) is 0 Å². The minimum Gasteiger partial charge on any atom is -0.444 e. The SMILES string of the molecule is CC(C)(C)OC(=O)N1[C@@H]2CC[C@H]1[C@@H]1ON=C(c3cccnc3)[C@@H]12. The van der Waals surface area contributed by atoms with Crippen molar-refractivity contribution in [3.63, 3.8) is 0 Å². The van der Waals surface area contributed by atoms with Crippen molar-refractivity contribution in [2.45, 2.75) is 57.4 Å². The van der Waals surface area contributed by atoms with Gasteiger partial charge in [0.1, 0.15) is 5.60 Å². The van der Waals surface area contributed by atoms with Gasteiger partial charge in [0, 0.05) is 24.0 Å². The summed E-state index contributed by atoms with van der Waals surface area (Å²) in [4.78, 5) is 24.3. The van der Waals surface area contributed by atoms with E-state index >= 15 is 0 Å². The standard InChI is InChI=1S/C17H21N3O3/c1-17(2,3)22-16(21)20-11-6-7-12(20)15-13(11)14(19-23-15)10-5-4-8-18-9-10/h4-5,8-9,11-13,15H,6-7H2,1-3H3/t11-,12+,13+,15+/m1/s1. The van der Waals surface area contributed by atoms with E-state index in [1.807, 2.05) is 37.8 Å². The molecule has 2 fully saturated rings. The van der Waals surface area contributed by atoms with Gasteiger partial charge >= 0.3 is 6.09 Å². The monoisotopic (exact) mass is 315 g/mol. The van der Waals surface area contributed by atoms with E-state index in [2.05, 4.69) is 10.1 Å². The summed E-state index contributed by atoms with van der Waals surface area (Å²) in [5, 5.41) is 4.30. The fraction of sp³-hybridized carbons (Fsp3) is 0.588. The molecular weight excluding hydrogens is 294 g/mol. The zero-order valence-electron chi connectivity index (χ0n) is 13.6. The Labute approximate surface area is 135 Å². The van der Waals surface area contributed by atoms with Crippen LogP contribution < -0.4 is 0 Å². The molecule has 3 aliphatic heterocycles. The van der Waals surface area contributed by atoms with Gasteiger partial charge in [-0.3, -0.25) is 9.88 Å². The molecule has 0 spiro atoms. The molecule has 1 aromatic heterocycles. The highest BCUT2D eigenvalue weighted by Crippen LogP contribution is 2.48. The second kappa shape index (κ2) is 4.94. The molecule has 1 aromatic rings. The maximum Gasteiger partial charge on any atom is 0.410 e. The van der Waals surface area contributed by atoms with Crippen molar-refractivity contribution in [3.8, 4) is 0 Å². The van der Waals surface area contributed by atoms with E-state index in [0.29, 0.717) is 0 Å². The number of oxime groups is 1. The highest BCUT2D eigenvalue weighted by molar-refractivity contribution is 6.04. The van der Waals surface area contributed by atoms with Gasteiger partial charge in [0.15, 0.2) is 6.10 Å². The molecule has 122 valence electrons. The number of rotatable bonds is 1. The number of nitrogens with zero attached hydrogens (tertiary/aromatic N) is 3. The van der Waals surface area contributed by atoms with Crippen LogP contribution in [0.4, 0.5) is 4.79 Å². The molecule has 2 bridgehead atoms. The van der Waals surface area contributed by atoms with Crippen molar-refractivity contribution in [2.24, 2.45) is 11.1 Å². The number of ether oxygens (including phenoxy) is 1. The molecule has 0 saturated carbocycles. The lowest BCUT2D eigenvalue weighted by Gasteiger charge is -2.28. The topological polar surface area (TPSA) is 64.0 Å². The first-order valence-corrected chi connectivity index (χ1v) is 8.11. The number of pyridine rings is 1. The van der Waals surface area contributed by atoms with Crippen LogP contribution in [-0.2, 0) is 9.57 Å². The van der Waals surface area contributed by atoms with Crippen molar-refractivity contribution in [1.82, 2.24) is 9.88 Å². The smallest absolute Gasteiger partial charge is 0.410 e. The Bertz CT molecular complexity index is 653. The normalized spacial score (nSPS) is 31.6. The minimum atomic E-state index is -0.491. The van der Waals surface area contributed by atoms with Crippen LogP contribution in [0.5, 0.6) is 0 Å². The first-order valence-electron chi connectivity index (χ1n) is 8.11. The van der Waals surface area contributed by atoms with Crippen LogP contribution in [0.1, 0.15) is 39.2 Å². The van der Waals surface area contributed by atoms with Gasteiger partial charge in [-0.2, -0.15) is 0 Å². The van der Waals surface area contributed by atoms with E-state index in [-0.39, 0.29) is 30.2 Å². The number of carbonyl (C=O) groups is 1. The lowest BCUT2D eigenvalue weighted by atomic mass is 9.82. The second-order valence-electron chi connectivity index (χ2n) is 7.41. The highest BCUT2D eigenvalue weighted by atomic mass is 16.6. The first-order chi connectivity index (χ1) is 11.0. The number of amides is 1. The molecule has 2 saturated heterocycles. The summed E-state index contributed by atoms with van der Waals surface area (Å²) < 4.78 is 5.59. The molecule has 0 aromatic carbocycles. The van der Waals surface area contributed by atoms with Crippen molar-refractivity contribution in [2.75, 3.05) is 0 Å². The third kappa shape index (κ3) is 2.28. The molecule has 1 amide bonds. The molecular formula is C17H21N3O3. The maximum absolute atomic E-state index is 12.6. The summed E-state index contributed by atoms with van der Waals surface area (Å²) >= 11 is 0. The lowest BCUT2D eigenvalue weighted by molar-refractivity contribution is 0.00793. The molecule has 3 aliphatic rings. The van der Waals surface area contributed by atoms with Crippen molar-refractivity contribution >= 4 is 11.8 Å². The van der Waals surface area contributed by atoms with Crippen molar-refractivity contribution in [3.05, 3.63) is 30.1 Å². The molecule has 0 unspecified atom stereocenters. The van der Waals surface area contributed by atoms with Gasteiger partial charge in [0.05, 0.1) is 17.7 Å². The average Bonchev–Trinajstić information content (AvgIpc) is 3.17. The predicted octanol–water partition coefficient (Wildman–Crippen LogP) is 2.58. The first kappa shape index (κ1) is 14.5. The van der Waals surface area contributed by atoms with Crippen LogP contribution in [0, 0.1) is 5.92 Å². The van der Waals surface area contributed by atoms with E-state index in [4.69, 9.17) is 9.57 Å². The quantitative estimate of drug-likeness (QED) is 0.799. The third-order valence-electron chi connectivity index (χ3n) is 4.77. The Morgan fingerprint density at radius 2 is 2.13 bits per heavy atom. The zero-order chi connectivity index (χ0) is 16.2. The van der Waals surface area contributed by atoms with Gasteiger partial charge in [0.25, 0.3) is 0 Å². The van der Waals surface area contributed by atoms with E-state index < -0.39 is 5.60 Å². The molecule has 4 heterocycles. The Kier molecular flexibility index (Phi) is 3.11. The van der Waals surface area contributed by atoms with Gasteiger partial charge in [-0.15, -0.1) is 0 Å². The minimum absolute atomic E-state index is 0.0535. The molecule has 0 N–H and O–H groups in total. The van der Waals surface area contributed by atoms with E-state index in [1.165, 1.54) is 0 Å². The Hall–Kier alpha value is -2.11. The number of hydrogen-bond donors (Lipinski definition) is 0. The molecule has 6 heteroatoms. The summed E-state index contributed by atoms with van der Waals surface area (Å²) in [6, 6.07) is 4.03. The zero-order valence-corrected chi connectivity index (χ0v) is 13.6. The van der Waals surface area contributed by atoms with Gasteiger partial charge in [-0.1, -0.05) is 5.16 Å². The lowest BCUT2D eigenvalue weighted by Crippen LogP contribution is -2.42. The van der Waals surface area contributed by atoms with Crippen molar-refractivity contribution < 1.29 is 14.4 Å². The maximum atomic E-state index is 12.6. The third-order valence-corrected chi connectivity index (χ3v) is 4.77. The number of hydrogen-bond acceptors (Lipinski definition) is 5. The summed E-state index contributed by atoms with van der Waals surface area (Å²) in [6.45, 7) is 5.67. The van der Waals surface area contributed by atoms with E-state index in [1.54, 1.807) is 12.4 Å². The summed E-state index contributed by atoms with van der Waals surface area (Å²) in [5.41, 5.74) is 1.38. The summed E-state index contributed by atoms with van der Waals surface area (Å²) in [5.74, 6) is 0.116. The Morgan fingerprint density at radius 1 is 1.35 bits per heavy atom. The Balaban J connectivity index is 1.60. The van der Waals surface area contributed by atoms with Crippen LogP contribution in [-0.4, -0.2) is 45.5 Å². The van der Waals surface area contributed by atoms with Gasteiger partial charge in [0.2, 0.25) is 0 Å². The Morgan fingerprint density at radius 3 is 2.83 bits per heavy atom. The van der Waals surface area contributed by atoms with Crippen LogP contribution in [0.15, 0.2) is 29.7 Å². The fourth-order valence-corrected chi connectivity index (χ4v) is 4.00. The molecule has 23 heavy (non-hydrogen) atoms. The number of aromatic nitrogens is 1. The number of fused-ring (bicyclic) bond motifs is 5. The molecule has 6 nitrogen and oxygen atoms in total. The average molecular weight is 315 g/mol. The molecule has 4 rings (SSSR count). The van der Waals surface area contributed by atoms with Crippen LogP contribution >= 0.6 is 0 Å². The molecule has 0 aliphatic carbocycles. The molecule has 4 atom stereocenters. The number of carbonyl (C=O) groups excluding carboxylic acids is 1. The summed E-state index contributed by atoms with van der Waals surface area (Å²) in [6.07, 6.45) is 5.15. The largest absolute Gasteiger partial charge is 0.444 e. The predicted molar refractivity (Wildman–Crippen MR) is 84.0 cm³/mol. The fourth-order valence-electron chi connectivity index (χ4n) is 4.00. The molecule has 0 radical (unpaired) electrons. The van der Waals surface area contributed by atoms with E-state index in [9.17, 15) is 4.79 Å². The van der Waals surface area contributed by atoms with Crippen LogP contribution in [0.3, 0.4) is 0 Å². The van der Waals surface area contributed by atoms with Gasteiger partial charge in [-0.05, 0) is 45.7 Å². The van der Waals surface area contributed by atoms with Gasteiger partial charge < -0.3 is 9.57 Å². The summed E-state index contributed by atoms with van der Waals surface area (Å²) in [7, 11) is 0. The second-order valence-corrected chi connectivity index (χ2v) is 7.41. The van der Waals surface area contributed by atoms with Crippen molar-refractivity contribution in [1.29, 1.82) is 0 Å². The van der Waals surface area contributed by atoms with Gasteiger partial charge in [-0.25, -0.2) is 4.79 Å². The highest BCUT2D eigenvalue weighted by Gasteiger charge is 2.61.